The lowest BCUT2D eigenvalue weighted by molar-refractivity contribution is 0.545. The Morgan fingerprint density at radius 3 is 2.84 bits per heavy atom. The first-order valence-corrected chi connectivity index (χ1v) is 7.86. The highest BCUT2D eigenvalue weighted by Crippen LogP contribution is 2.25. The molecule has 1 heterocycles. The van der Waals surface area contributed by atoms with Crippen LogP contribution in [0.25, 0.3) is 0 Å². The van der Waals surface area contributed by atoms with E-state index < -0.39 is 0 Å². The largest absolute Gasteiger partial charge is 0.310 e. The molecule has 102 valence electrons. The Morgan fingerprint density at radius 1 is 1.47 bits per heavy atom. The molecule has 2 aromatic rings. The number of likely N-dealkylation sites (N-methyl/N-ethyl adjacent to an activating group) is 1. The van der Waals surface area contributed by atoms with Gasteiger partial charge < -0.3 is 5.32 Å². The van der Waals surface area contributed by atoms with Crippen molar-refractivity contribution in [2.24, 2.45) is 0 Å². The third kappa shape index (κ3) is 3.84. The molecule has 0 amide bonds. The second-order valence-electron chi connectivity index (χ2n) is 4.37. The van der Waals surface area contributed by atoms with Gasteiger partial charge in [-0.1, -0.05) is 13.0 Å². The van der Waals surface area contributed by atoms with Gasteiger partial charge in [0.05, 0.1) is 9.48 Å². The molecule has 19 heavy (non-hydrogen) atoms. The summed E-state index contributed by atoms with van der Waals surface area (Å²) in [6.45, 7) is 4.93. The molecule has 0 spiro atoms. The maximum Gasteiger partial charge on any atom is 0.137 e. The average molecular weight is 343 g/mol. The van der Waals surface area contributed by atoms with Gasteiger partial charge in [0.2, 0.25) is 0 Å². The van der Waals surface area contributed by atoms with Gasteiger partial charge in [0.25, 0.3) is 0 Å². The summed E-state index contributed by atoms with van der Waals surface area (Å²) in [5.41, 5.74) is 2.12. The minimum atomic E-state index is -0.232. The van der Waals surface area contributed by atoms with Gasteiger partial charge in [-0.25, -0.2) is 9.37 Å². The molecular formula is C14H16BrFN2S. The molecule has 5 heteroatoms. The van der Waals surface area contributed by atoms with E-state index in [0.29, 0.717) is 4.47 Å². The quantitative estimate of drug-likeness (QED) is 0.878. The molecule has 1 unspecified atom stereocenters. The van der Waals surface area contributed by atoms with Crippen LogP contribution in [0.5, 0.6) is 0 Å². The molecule has 0 aliphatic heterocycles. The summed E-state index contributed by atoms with van der Waals surface area (Å²) >= 11 is 4.91. The van der Waals surface area contributed by atoms with Crippen LogP contribution in [-0.4, -0.2) is 11.5 Å². The van der Waals surface area contributed by atoms with Crippen LogP contribution < -0.4 is 5.32 Å². The fourth-order valence-electron chi connectivity index (χ4n) is 1.95. The number of halogens is 2. The number of nitrogens with zero attached hydrogens (tertiary/aromatic N) is 1. The van der Waals surface area contributed by atoms with Gasteiger partial charge in [-0.05, 0) is 47.1 Å². The minimum absolute atomic E-state index is 0.160. The Balaban J connectivity index is 2.21. The zero-order chi connectivity index (χ0) is 13.8. The highest BCUT2D eigenvalue weighted by molar-refractivity contribution is 9.10. The molecular weight excluding hydrogens is 327 g/mol. The lowest BCUT2D eigenvalue weighted by Crippen LogP contribution is -2.23. The Kier molecular flexibility index (Phi) is 5.07. The maximum atomic E-state index is 13.3. The van der Waals surface area contributed by atoms with Gasteiger partial charge in [0.15, 0.2) is 0 Å². The summed E-state index contributed by atoms with van der Waals surface area (Å²) < 4.78 is 13.8. The number of hydrogen-bond donors (Lipinski definition) is 1. The van der Waals surface area contributed by atoms with Crippen LogP contribution in [-0.2, 0) is 6.42 Å². The molecule has 0 saturated carbocycles. The molecule has 0 bridgehead atoms. The van der Waals surface area contributed by atoms with Crippen molar-refractivity contribution in [1.29, 1.82) is 0 Å². The maximum absolute atomic E-state index is 13.3. The van der Waals surface area contributed by atoms with Gasteiger partial charge in [-0.2, -0.15) is 0 Å². The van der Waals surface area contributed by atoms with Crippen LogP contribution in [0, 0.1) is 12.7 Å². The van der Waals surface area contributed by atoms with Gasteiger partial charge in [-0.15, -0.1) is 11.3 Å². The van der Waals surface area contributed by atoms with Crippen LogP contribution in [0.1, 0.15) is 29.2 Å². The molecule has 0 aliphatic carbocycles. The summed E-state index contributed by atoms with van der Waals surface area (Å²) in [4.78, 5) is 4.49. The van der Waals surface area contributed by atoms with E-state index in [1.807, 2.05) is 19.1 Å². The van der Waals surface area contributed by atoms with Crippen molar-refractivity contribution in [3.63, 3.8) is 0 Å². The second-order valence-corrected chi connectivity index (χ2v) is 6.17. The molecule has 1 aromatic carbocycles. The highest BCUT2D eigenvalue weighted by atomic mass is 79.9. The molecule has 1 atom stereocenters. The number of aromatic nitrogens is 1. The van der Waals surface area contributed by atoms with Crippen LogP contribution >= 0.6 is 27.3 Å². The van der Waals surface area contributed by atoms with Crippen molar-refractivity contribution in [1.82, 2.24) is 10.3 Å². The SMILES string of the molecule is CCNC(Cc1nc(C)cs1)c1ccc(F)c(Br)c1. The predicted octanol–water partition coefficient (Wildman–Crippen LogP) is 4.25. The lowest BCUT2D eigenvalue weighted by Gasteiger charge is -2.17. The summed E-state index contributed by atoms with van der Waals surface area (Å²) in [5.74, 6) is -0.232. The number of rotatable bonds is 5. The van der Waals surface area contributed by atoms with Crippen LogP contribution in [0.4, 0.5) is 4.39 Å². The number of benzene rings is 1. The first-order valence-electron chi connectivity index (χ1n) is 6.19. The third-order valence-corrected chi connectivity index (χ3v) is 4.44. The molecule has 0 fully saturated rings. The number of aryl methyl sites for hydroxylation is 1. The average Bonchev–Trinajstić information content (AvgIpc) is 2.78. The van der Waals surface area contributed by atoms with E-state index in [1.54, 1.807) is 11.3 Å². The fourth-order valence-corrected chi connectivity index (χ4v) is 3.17. The standard InChI is InChI=1S/C14H16BrFN2S/c1-3-17-13(7-14-18-9(2)8-19-14)10-4-5-12(16)11(15)6-10/h4-6,8,13,17H,3,7H2,1-2H3. The topological polar surface area (TPSA) is 24.9 Å². The van der Waals surface area contributed by atoms with Crippen molar-refractivity contribution in [3.8, 4) is 0 Å². The van der Waals surface area contributed by atoms with Crippen LogP contribution in [0.2, 0.25) is 0 Å². The Bertz CT molecular complexity index is 556. The zero-order valence-electron chi connectivity index (χ0n) is 10.9. The second kappa shape index (κ2) is 6.59. The van der Waals surface area contributed by atoms with E-state index in [1.165, 1.54) is 6.07 Å². The number of nitrogens with one attached hydrogen (secondary N) is 1. The van der Waals surface area contributed by atoms with Gasteiger partial charge in [0.1, 0.15) is 5.82 Å². The monoisotopic (exact) mass is 342 g/mol. The summed E-state index contributed by atoms with van der Waals surface area (Å²) in [6.07, 6.45) is 0.824. The Morgan fingerprint density at radius 2 is 2.26 bits per heavy atom. The van der Waals surface area contributed by atoms with Crippen molar-refractivity contribution in [2.45, 2.75) is 26.3 Å². The smallest absolute Gasteiger partial charge is 0.137 e. The van der Waals surface area contributed by atoms with Crippen LogP contribution in [0.15, 0.2) is 28.1 Å². The van der Waals surface area contributed by atoms with E-state index in [-0.39, 0.29) is 11.9 Å². The number of thiazole rings is 1. The van der Waals surface area contributed by atoms with Gasteiger partial charge >= 0.3 is 0 Å². The van der Waals surface area contributed by atoms with Crippen molar-refractivity contribution >= 4 is 27.3 Å². The molecule has 2 rings (SSSR count). The normalized spacial score (nSPS) is 12.6. The van der Waals surface area contributed by atoms with Crippen molar-refractivity contribution < 1.29 is 4.39 Å². The summed E-state index contributed by atoms with van der Waals surface area (Å²) in [6, 6.07) is 5.32. The first-order chi connectivity index (χ1) is 9.10. The Labute approximate surface area is 125 Å². The van der Waals surface area contributed by atoms with Gasteiger partial charge in [-0.3, -0.25) is 0 Å². The van der Waals surface area contributed by atoms with Crippen molar-refractivity contribution in [2.75, 3.05) is 6.54 Å². The summed E-state index contributed by atoms with van der Waals surface area (Å²) in [5, 5.41) is 6.58. The molecule has 2 nitrogen and oxygen atoms in total. The lowest BCUT2D eigenvalue weighted by atomic mass is 10.0. The van der Waals surface area contributed by atoms with E-state index in [2.05, 4.69) is 38.5 Å². The molecule has 1 N–H and O–H groups in total. The van der Waals surface area contributed by atoms with E-state index >= 15 is 0 Å². The van der Waals surface area contributed by atoms with E-state index in [0.717, 1.165) is 29.2 Å². The van der Waals surface area contributed by atoms with Gasteiger partial charge in [0, 0.05) is 23.5 Å². The summed E-state index contributed by atoms with van der Waals surface area (Å²) in [7, 11) is 0. The molecule has 0 radical (unpaired) electrons. The fraction of sp³-hybridized carbons (Fsp3) is 0.357. The molecule has 0 saturated heterocycles. The van der Waals surface area contributed by atoms with Crippen LogP contribution in [0.3, 0.4) is 0 Å². The highest BCUT2D eigenvalue weighted by Gasteiger charge is 2.14. The third-order valence-electron chi connectivity index (χ3n) is 2.84. The van der Waals surface area contributed by atoms with E-state index in [9.17, 15) is 4.39 Å². The van der Waals surface area contributed by atoms with E-state index in [4.69, 9.17) is 0 Å². The minimum Gasteiger partial charge on any atom is -0.310 e. The van der Waals surface area contributed by atoms with Crippen molar-refractivity contribution in [3.05, 3.63) is 50.1 Å². The number of hydrogen-bond acceptors (Lipinski definition) is 3. The first kappa shape index (κ1) is 14.6. The molecule has 1 aromatic heterocycles. The molecule has 0 aliphatic rings. The zero-order valence-corrected chi connectivity index (χ0v) is 13.3. The predicted molar refractivity (Wildman–Crippen MR) is 81.1 cm³/mol. The Hall–Kier alpha value is -0.780.